The van der Waals surface area contributed by atoms with Crippen molar-refractivity contribution in [3.05, 3.63) is 42.0 Å². The van der Waals surface area contributed by atoms with Crippen molar-refractivity contribution in [1.82, 2.24) is 5.32 Å². The summed E-state index contributed by atoms with van der Waals surface area (Å²) in [5.41, 5.74) is 5.85. The third kappa shape index (κ3) is 1.27. The Kier molecular flexibility index (Phi) is 2.05. The molecule has 0 bridgehead atoms. The van der Waals surface area contributed by atoms with Gasteiger partial charge in [-0.15, -0.1) is 0 Å². The highest BCUT2D eigenvalue weighted by molar-refractivity contribution is 7.99. The second kappa shape index (κ2) is 3.70. The fraction of sp³-hybridized carbons (Fsp3) is 0.368. The van der Waals surface area contributed by atoms with Gasteiger partial charge < -0.3 is 9.80 Å². The number of nitrogens with zero attached hydrogens (tertiary/aromatic N) is 2. The van der Waals surface area contributed by atoms with Crippen LogP contribution in [0.4, 0.5) is 17.1 Å². The summed E-state index contributed by atoms with van der Waals surface area (Å²) in [6.07, 6.45) is 0.394. The Bertz CT molecular complexity index is 877. The zero-order valence-corrected chi connectivity index (χ0v) is 14.3. The van der Waals surface area contributed by atoms with E-state index in [1.807, 2.05) is 11.8 Å². The van der Waals surface area contributed by atoms with Crippen molar-refractivity contribution in [1.29, 1.82) is 0 Å². The minimum atomic E-state index is 0.125. The standard InChI is InChI=1S/C19H19N3S/c1-10(2)21-12-7-5-9-14-16(12)22-15-11(6-4-8-13(15)23-14)19(3)17(20-19)18(21)22/h4-10,17-18,20H,1-3H3. The van der Waals surface area contributed by atoms with Crippen LogP contribution in [-0.4, -0.2) is 18.2 Å². The van der Waals surface area contributed by atoms with Gasteiger partial charge in [-0.25, -0.2) is 0 Å². The van der Waals surface area contributed by atoms with Crippen LogP contribution in [0.5, 0.6) is 0 Å². The fourth-order valence-corrected chi connectivity index (χ4v) is 6.00. The molecule has 1 N–H and O–H groups in total. The van der Waals surface area contributed by atoms with Crippen LogP contribution in [-0.2, 0) is 5.54 Å². The number of anilines is 3. The quantitative estimate of drug-likeness (QED) is 0.802. The van der Waals surface area contributed by atoms with Crippen LogP contribution in [0, 0.1) is 0 Å². The van der Waals surface area contributed by atoms with Crippen LogP contribution in [0.25, 0.3) is 0 Å². The summed E-state index contributed by atoms with van der Waals surface area (Å²) in [5.74, 6) is 0. The van der Waals surface area contributed by atoms with E-state index in [2.05, 4.69) is 72.3 Å². The van der Waals surface area contributed by atoms with Crippen molar-refractivity contribution in [3.8, 4) is 0 Å². The third-order valence-electron chi connectivity index (χ3n) is 5.91. The molecule has 116 valence electrons. The molecule has 0 amide bonds. The first kappa shape index (κ1) is 12.7. The minimum Gasteiger partial charge on any atom is -0.345 e. The van der Waals surface area contributed by atoms with Crippen LogP contribution >= 0.6 is 11.8 Å². The van der Waals surface area contributed by atoms with Gasteiger partial charge in [-0.3, -0.25) is 5.32 Å². The second-order valence-corrected chi connectivity index (χ2v) is 8.57. The molecule has 1 fully saturated rings. The highest BCUT2D eigenvalue weighted by Crippen LogP contribution is 2.65. The predicted molar refractivity (Wildman–Crippen MR) is 94.8 cm³/mol. The summed E-state index contributed by atoms with van der Waals surface area (Å²) in [4.78, 5) is 8.03. The summed E-state index contributed by atoms with van der Waals surface area (Å²) in [6.45, 7) is 6.99. The van der Waals surface area contributed by atoms with Gasteiger partial charge in [-0.2, -0.15) is 0 Å². The molecule has 0 radical (unpaired) electrons. The van der Waals surface area contributed by atoms with Gasteiger partial charge in [0, 0.05) is 15.8 Å². The van der Waals surface area contributed by atoms with Gasteiger partial charge in [0.15, 0.2) is 0 Å². The van der Waals surface area contributed by atoms with Gasteiger partial charge in [0.05, 0.1) is 28.6 Å². The maximum absolute atomic E-state index is 3.81. The summed E-state index contributed by atoms with van der Waals surface area (Å²) < 4.78 is 0. The molecule has 3 nitrogen and oxygen atoms in total. The normalized spacial score (nSPS) is 31.3. The summed E-state index contributed by atoms with van der Waals surface area (Å²) in [7, 11) is 0. The molecule has 3 atom stereocenters. The minimum absolute atomic E-state index is 0.125. The first-order chi connectivity index (χ1) is 11.1. The van der Waals surface area contributed by atoms with E-state index in [1.54, 1.807) is 0 Å². The Hall–Kier alpha value is -1.65. The molecule has 0 aliphatic carbocycles. The second-order valence-electron chi connectivity index (χ2n) is 7.49. The molecule has 4 aliphatic heterocycles. The van der Waals surface area contributed by atoms with Crippen molar-refractivity contribution < 1.29 is 0 Å². The lowest BCUT2D eigenvalue weighted by Gasteiger charge is -2.42. The van der Waals surface area contributed by atoms with E-state index in [0.29, 0.717) is 18.2 Å². The maximum Gasteiger partial charge on any atom is 0.124 e. The number of nitrogens with one attached hydrogen (secondary N) is 1. The SMILES string of the molecule is CC(C)N1c2cccc3c2N2c4c(cccc4C4(C)NC4C21)S3. The highest BCUT2D eigenvalue weighted by Gasteiger charge is 2.65. The summed E-state index contributed by atoms with van der Waals surface area (Å²) in [6, 6.07) is 14.6. The molecule has 23 heavy (non-hydrogen) atoms. The number of fused-ring (bicyclic) bond motifs is 3. The van der Waals surface area contributed by atoms with Gasteiger partial charge in [0.25, 0.3) is 0 Å². The molecule has 4 heteroatoms. The number of benzene rings is 2. The van der Waals surface area contributed by atoms with Gasteiger partial charge in [-0.05, 0) is 44.5 Å². The lowest BCUT2D eigenvalue weighted by Crippen LogP contribution is -2.52. The Balaban J connectivity index is 1.73. The van der Waals surface area contributed by atoms with Crippen LogP contribution in [0.15, 0.2) is 46.2 Å². The zero-order valence-electron chi connectivity index (χ0n) is 13.5. The van der Waals surface area contributed by atoms with Crippen LogP contribution in [0.2, 0.25) is 0 Å². The van der Waals surface area contributed by atoms with Crippen molar-refractivity contribution >= 4 is 28.8 Å². The number of hydrogen-bond donors (Lipinski definition) is 1. The van der Waals surface area contributed by atoms with E-state index in [1.165, 1.54) is 32.4 Å². The molecule has 2 aromatic carbocycles. The lowest BCUT2D eigenvalue weighted by molar-refractivity contribution is 0.514. The van der Waals surface area contributed by atoms with E-state index < -0.39 is 0 Å². The highest BCUT2D eigenvalue weighted by atomic mass is 32.2. The van der Waals surface area contributed by atoms with E-state index in [0.717, 1.165) is 0 Å². The van der Waals surface area contributed by atoms with E-state index in [4.69, 9.17) is 0 Å². The lowest BCUT2D eigenvalue weighted by atomic mass is 9.89. The molecule has 4 heterocycles. The van der Waals surface area contributed by atoms with E-state index >= 15 is 0 Å². The summed E-state index contributed by atoms with van der Waals surface area (Å²) in [5, 5.41) is 3.81. The Morgan fingerprint density at radius 2 is 1.83 bits per heavy atom. The molecule has 2 aromatic rings. The van der Waals surface area contributed by atoms with Crippen molar-refractivity contribution in [2.45, 2.75) is 54.4 Å². The van der Waals surface area contributed by atoms with Gasteiger partial charge in [-0.1, -0.05) is 30.0 Å². The molecular formula is C19H19N3S. The Morgan fingerprint density at radius 3 is 2.61 bits per heavy atom. The zero-order chi connectivity index (χ0) is 15.5. The predicted octanol–water partition coefficient (Wildman–Crippen LogP) is 4.04. The van der Waals surface area contributed by atoms with Gasteiger partial charge in [0.1, 0.15) is 6.17 Å². The average Bonchev–Trinajstić information content (AvgIpc) is 3.11. The Morgan fingerprint density at radius 1 is 1.09 bits per heavy atom. The molecular weight excluding hydrogens is 302 g/mol. The molecule has 0 aromatic heterocycles. The molecule has 0 saturated carbocycles. The molecule has 4 aliphatic rings. The molecule has 1 saturated heterocycles. The van der Waals surface area contributed by atoms with Crippen molar-refractivity contribution in [2.24, 2.45) is 0 Å². The van der Waals surface area contributed by atoms with E-state index in [9.17, 15) is 0 Å². The number of para-hydroxylation sites is 2. The van der Waals surface area contributed by atoms with Gasteiger partial charge in [0.2, 0.25) is 0 Å². The monoisotopic (exact) mass is 321 g/mol. The topological polar surface area (TPSA) is 28.4 Å². The van der Waals surface area contributed by atoms with Crippen LogP contribution < -0.4 is 15.1 Å². The third-order valence-corrected chi connectivity index (χ3v) is 7.01. The molecule has 3 unspecified atom stereocenters. The first-order valence-corrected chi connectivity index (χ1v) is 9.22. The largest absolute Gasteiger partial charge is 0.345 e. The molecule has 0 spiro atoms. The van der Waals surface area contributed by atoms with Gasteiger partial charge >= 0.3 is 0 Å². The number of hydrogen-bond acceptors (Lipinski definition) is 4. The average molecular weight is 321 g/mol. The fourth-order valence-electron chi connectivity index (χ4n) is 4.87. The Labute approximate surface area is 140 Å². The van der Waals surface area contributed by atoms with E-state index in [-0.39, 0.29) is 5.54 Å². The summed E-state index contributed by atoms with van der Waals surface area (Å²) >= 11 is 1.93. The smallest absolute Gasteiger partial charge is 0.124 e. The van der Waals surface area contributed by atoms with Crippen molar-refractivity contribution in [2.75, 3.05) is 9.80 Å². The van der Waals surface area contributed by atoms with Crippen LogP contribution in [0.1, 0.15) is 26.3 Å². The van der Waals surface area contributed by atoms with Crippen LogP contribution in [0.3, 0.4) is 0 Å². The molecule has 6 rings (SSSR count). The number of rotatable bonds is 1. The first-order valence-electron chi connectivity index (χ1n) is 8.41. The van der Waals surface area contributed by atoms with Crippen molar-refractivity contribution in [3.63, 3.8) is 0 Å². The maximum atomic E-state index is 3.81.